The molecule has 0 aliphatic rings. The fourth-order valence-corrected chi connectivity index (χ4v) is 1.28. The third-order valence-electron chi connectivity index (χ3n) is 2.15. The van der Waals surface area contributed by atoms with Crippen molar-refractivity contribution in [1.29, 1.82) is 0 Å². The van der Waals surface area contributed by atoms with Crippen molar-refractivity contribution in [1.82, 2.24) is 10.6 Å². The lowest BCUT2D eigenvalue weighted by atomic mass is 10.2. The molecule has 17 heavy (non-hydrogen) atoms. The SMILES string of the molecule is O=C(O)CCCNC(=O)NCc1ccccc1. The van der Waals surface area contributed by atoms with Crippen LogP contribution in [0.5, 0.6) is 0 Å². The normalized spacial score (nSPS) is 9.65. The summed E-state index contributed by atoms with van der Waals surface area (Å²) in [6.07, 6.45) is 0.507. The van der Waals surface area contributed by atoms with Crippen molar-refractivity contribution in [2.75, 3.05) is 6.54 Å². The van der Waals surface area contributed by atoms with Crippen LogP contribution in [0.3, 0.4) is 0 Å². The molecule has 0 aliphatic carbocycles. The molecule has 1 rings (SSSR count). The maximum Gasteiger partial charge on any atom is 0.315 e. The standard InChI is InChI=1S/C12H16N2O3/c15-11(16)7-4-8-13-12(17)14-9-10-5-2-1-3-6-10/h1-3,5-6H,4,7-9H2,(H,15,16)(H2,13,14,17). The van der Waals surface area contributed by atoms with E-state index in [9.17, 15) is 9.59 Å². The van der Waals surface area contributed by atoms with Gasteiger partial charge in [-0.15, -0.1) is 0 Å². The van der Waals surface area contributed by atoms with Gasteiger partial charge in [-0.3, -0.25) is 4.79 Å². The van der Waals surface area contributed by atoms with Crippen LogP contribution in [-0.2, 0) is 11.3 Å². The molecule has 0 saturated heterocycles. The van der Waals surface area contributed by atoms with Gasteiger partial charge in [0.15, 0.2) is 0 Å². The van der Waals surface area contributed by atoms with Crippen molar-refractivity contribution in [3.05, 3.63) is 35.9 Å². The van der Waals surface area contributed by atoms with E-state index in [4.69, 9.17) is 5.11 Å². The number of carbonyl (C=O) groups excluding carboxylic acids is 1. The van der Waals surface area contributed by atoms with E-state index in [1.807, 2.05) is 30.3 Å². The number of carbonyl (C=O) groups is 2. The van der Waals surface area contributed by atoms with Crippen molar-refractivity contribution in [3.8, 4) is 0 Å². The quantitative estimate of drug-likeness (QED) is 0.652. The summed E-state index contributed by atoms with van der Waals surface area (Å²) in [5.74, 6) is -0.850. The zero-order valence-corrected chi connectivity index (χ0v) is 9.48. The molecule has 0 atom stereocenters. The Labute approximate surface area is 99.8 Å². The second-order valence-electron chi connectivity index (χ2n) is 3.59. The molecular formula is C12H16N2O3. The second-order valence-corrected chi connectivity index (χ2v) is 3.59. The van der Waals surface area contributed by atoms with Gasteiger partial charge in [0.2, 0.25) is 0 Å². The van der Waals surface area contributed by atoms with E-state index in [1.54, 1.807) is 0 Å². The van der Waals surface area contributed by atoms with Crippen LogP contribution in [0, 0.1) is 0 Å². The summed E-state index contributed by atoms with van der Waals surface area (Å²) >= 11 is 0. The Kier molecular flexibility index (Phi) is 5.57. The zero-order valence-electron chi connectivity index (χ0n) is 9.48. The molecule has 5 nitrogen and oxygen atoms in total. The van der Waals surface area contributed by atoms with Crippen LogP contribution in [0.1, 0.15) is 18.4 Å². The van der Waals surface area contributed by atoms with Crippen molar-refractivity contribution in [2.24, 2.45) is 0 Å². The fraction of sp³-hybridized carbons (Fsp3) is 0.333. The Hall–Kier alpha value is -2.04. The van der Waals surface area contributed by atoms with Gasteiger partial charge < -0.3 is 15.7 Å². The van der Waals surface area contributed by atoms with Gasteiger partial charge in [-0.2, -0.15) is 0 Å². The molecule has 0 heterocycles. The number of rotatable bonds is 6. The Balaban J connectivity index is 2.11. The van der Waals surface area contributed by atoms with Crippen molar-refractivity contribution in [3.63, 3.8) is 0 Å². The Morgan fingerprint density at radius 2 is 1.82 bits per heavy atom. The van der Waals surface area contributed by atoms with E-state index in [0.29, 0.717) is 19.5 Å². The maximum atomic E-state index is 11.3. The number of benzene rings is 1. The molecule has 2 amide bonds. The van der Waals surface area contributed by atoms with Gasteiger partial charge in [0.05, 0.1) is 0 Å². The van der Waals surface area contributed by atoms with Gasteiger partial charge in [0.25, 0.3) is 0 Å². The van der Waals surface area contributed by atoms with Crippen LogP contribution >= 0.6 is 0 Å². The molecule has 0 radical (unpaired) electrons. The molecule has 0 fully saturated rings. The lowest BCUT2D eigenvalue weighted by molar-refractivity contribution is -0.137. The molecular weight excluding hydrogens is 220 g/mol. The Morgan fingerprint density at radius 3 is 2.47 bits per heavy atom. The van der Waals surface area contributed by atoms with E-state index in [0.717, 1.165) is 5.56 Å². The molecule has 0 spiro atoms. The second kappa shape index (κ2) is 7.27. The zero-order chi connectivity index (χ0) is 12.5. The first-order chi connectivity index (χ1) is 8.18. The van der Waals surface area contributed by atoms with Crippen molar-refractivity contribution < 1.29 is 14.7 Å². The molecule has 0 aliphatic heterocycles. The molecule has 0 unspecified atom stereocenters. The van der Waals surface area contributed by atoms with Crippen LogP contribution in [0.15, 0.2) is 30.3 Å². The fourth-order valence-electron chi connectivity index (χ4n) is 1.28. The summed E-state index contributed by atoms with van der Waals surface area (Å²) in [5.41, 5.74) is 1.02. The van der Waals surface area contributed by atoms with Crippen LogP contribution in [-0.4, -0.2) is 23.7 Å². The van der Waals surface area contributed by atoms with Crippen LogP contribution in [0.4, 0.5) is 4.79 Å². The first kappa shape index (κ1) is 13.0. The van der Waals surface area contributed by atoms with Gasteiger partial charge in [0.1, 0.15) is 0 Å². The number of urea groups is 1. The lowest BCUT2D eigenvalue weighted by Gasteiger charge is -2.06. The summed E-state index contributed by atoms with van der Waals surface area (Å²) in [6.45, 7) is 0.832. The largest absolute Gasteiger partial charge is 0.481 e. The summed E-state index contributed by atoms with van der Waals surface area (Å²) in [7, 11) is 0. The first-order valence-electron chi connectivity index (χ1n) is 5.46. The summed E-state index contributed by atoms with van der Waals surface area (Å²) in [4.78, 5) is 21.5. The van der Waals surface area contributed by atoms with Crippen molar-refractivity contribution in [2.45, 2.75) is 19.4 Å². The van der Waals surface area contributed by atoms with Gasteiger partial charge >= 0.3 is 12.0 Å². The third kappa shape index (κ3) is 6.19. The summed E-state index contributed by atoms with van der Waals surface area (Å²) in [6, 6.07) is 9.29. The minimum atomic E-state index is -0.850. The smallest absolute Gasteiger partial charge is 0.315 e. The monoisotopic (exact) mass is 236 g/mol. The van der Waals surface area contributed by atoms with Crippen LogP contribution in [0.2, 0.25) is 0 Å². The molecule has 0 saturated carbocycles. The predicted molar refractivity (Wildman–Crippen MR) is 63.6 cm³/mol. The van der Waals surface area contributed by atoms with Gasteiger partial charge in [0, 0.05) is 19.5 Å². The third-order valence-corrected chi connectivity index (χ3v) is 2.15. The van der Waals surface area contributed by atoms with Gasteiger partial charge in [-0.25, -0.2) is 4.79 Å². The van der Waals surface area contributed by atoms with E-state index in [1.165, 1.54) is 0 Å². The number of carboxylic acids is 1. The summed E-state index contributed by atoms with van der Waals surface area (Å²) < 4.78 is 0. The molecule has 3 N–H and O–H groups in total. The highest BCUT2D eigenvalue weighted by molar-refractivity contribution is 5.73. The number of carboxylic acid groups (broad SMARTS) is 1. The minimum Gasteiger partial charge on any atom is -0.481 e. The van der Waals surface area contributed by atoms with E-state index < -0.39 is 5.97 Å². The number of amides is 2. The number of hydrogen-bond donors (Lipinski definition) is 3. The van der Waals surface area contributed by atoms with E-state index >= 15 is 0 Å². The van der Waals surface area contributed by atoms with Gasteiger partial charge in [-0.05, 0) is 12.0 Å². The highest BCUT2D eigenvalue weighted by Gasteiger charge is 2.00. The lowest BCUT2D eigenvalue weighted by Crippen LogP contribution is -2.35. The van der Waals surface area contributed by atoms with E-state index in [2.05, 4.69) is 10.6 Å². The average molecular weight is 236 g/mol. The van der Waals surface area contributed by atoms with E-state index in [-0.39, 0.29) is 12.5 Å². The minimum absolute atomic E-state index is 0.0684. The Morgan fingerprint density at radius 1 is 1.12 bits per heavy atom. The maximum absolute atomic E-state index is 11.3. The van der Waals surface area contributed by atoms with Crippen LogP contribution in [0.25, 0.3) is 0 Å². The molecule has 0 bridgehead atoms. The number of aliphatic carboxylic acids is 1. The Bertz CT molecular complexity index is 365. The summed E-state index contributed by atoms with van der Waals surface area (Å²) in [5, 5.41) is 13.7. The topological polar surface area (TPSA) is 78.4 Å². The molecule has 1 aromatic rings. The van der Waals surface area contributed by atoms with Crippen molar-refractivity contribution >= 4 is 12.0 Å². The number of nitrogens with one attached hydrogen (secondary N) is 2. The number of hydrogen-bond acceptors (Lipinski definition) is 2. The van der Waals surface area contributed by atoms with Crippen LogP contribution < -0.4 is 10.6 Å². The average Bonchev–Trinajstić information content (AvgIpc) is 2.33. The molecule has 92 valence electrons. The molecule has 0 aromatic heterocycles. The van der Waals surface area contributed by atoms with Gasteiger partial charge in [-0.1, -0.05) is 30.3 Å². The molecule has 5 heteroatoms. The predicted octanol–water partition coefficient (Wildman–Crippen LogP) is 1.35. The first-order valence-corrected chi connectivity index (χ1v) is 5.46. The highest BCUT2D eigenvalue weighted by Crippen LogP contribution is 1.96. The molecule has 1 aromatic carbocycles. The highest BCUT2D eigenvalue weighted by atomic mass is 16.4.